The van der Waals surface area contributed by atoms with Crippen LogP contribution in [-0.4, -0.2) is 11.7 Å². The van der Waals surface area contributed by atoms with Crippen LogP contribution in [0.2, 0.25) is 0 Å². The molecule has 0 aliphatic carbocycles. The van der Waals surface area contributed by atoms with Crippen molar-refractivity contribution in [3.8, 4) is 0 Å². The van der Waals surface area contributed by atoms with Crippen molar-refractivity contribution in [2.75, 3.05) is 6.61 Å². The summed E-state index contributed by atoms with van der Waals surface area (Å²) in [7, 11) is 0. The van der Waals surface area contributed by atoms with E-state index in [1.54, 1.807) is 0 Å². The average Bonchev–Trinajstić information content (AvgIpc) is 2.64. The molecule has 1 N–H and O–H groups in total. The number of rotatable bonds is 14. The van der Waals surface area contributed by atoms with Gasteiger partial charge in [-0.1, -0.05) is 92.8 Å². The third-order valence-corrected chi connectivity index (χ3v) is 3.56. The van der Waals surface area contributed by atoms with Gasteiger partial charge >= 0.3 is 0 Å². The van der Waals surface area contributed by atoms with Gasteiger partial charge in [0.15, 0.2) is 0 Å². The molecule has 25 heavy (non-hydrogen) atoms. The van der Waals surface area contributed by atoms with Crippen molar-refractivity contribution in [1.82, 2.24) is 0 Å². The minimum atomic E-state index is 0.155. The Labute approximate surface area is 155 Å². The van der Waals surface area contributed by atoms with Crippen LogP contribution in [0.25, 0.3) is 0 Å². The van der Waals surface area contributed by atoms with E-state index in [1.165, 1.54) is 0 Å². The highest BCUT2D eigenvalue weighted by molar-refractivity contribution is 5.13. The molecule has 0 fully saturated rings. The first kappa shape index (κ1) is 23.1. The molecule has 0 aromatic rings. The van der Waals surface area contributed by atoms with Gasteiger partial charge in [0.05, 0.1) is 6.61 Å². The molecular formula is C24H36O. The molecule has 0 aliphatic rings. The smallest absolute Gasteiger partial charge is 0.0644 e. The molecular weight excluding hydrogens is 304 g/mol. The van der Waals surface area contributed by atoms with Gasteiger partial charge in [0.2, 0.25) is 0 Å². The standard InChI is InChI=1S/C24H36O/c1-3-5-6-7-8-9-10-11-12-13-14-15-16-17-18-19-20-21-22-24(4-2)23-25/h5-6,8-9,11-12,14-15,17-18,20-22,25H,3-4,7,10,13,16,19,23H2,1-2H3/b6-5+,9-8+,12-11+,15-14+,18-17+,21-20+,24-22+. The zero-order valence-corrected chi connectivity index (χ0v) is 16.1. The Hall–Kier alpha value is -1.86. The number of hydrogen-bond acceptors (Lipinski definition) is 1. The Balaban J connectivity index is 3.65. The maximum absolute atomic E-state index is 9.04. The second-order valence-electron chi connectivity index (χ2n) is 5.71. The lowest BCUT2D eigenvalue weighted by Gasteiger charge is -1.94. The van der Waals surface area contributed by atoms with E-state index in [-0.39, 0.29) is 6.61 Å². The second kappa shape index (κ2) is 20.2. The van der Waals surface area contributed by atoms with Crippen molar-refractivity contribution in [1.29, 1.82) is 0 Å². The summed E-state index contributed by atoms with van der Waals surface area (Å²) in [5.41, 5.74) is 1.07. The predicted octanol–water partition coefficient (Wildman–Crippen LogP) is 7.01. The van der Waals surface area contributed by atoms with E-state index >= 15 is 0 Å². The minimum Gasteiger partial charge on any atom is -0.392 e. The largest absolute Gasteiger partial charge is 0.392 e. The Bertz CT molecular complexity index is 478. The molecule has 138 valence electrons. The summed E-state index contributed by atoms with van der Waals surface area (Å²) in [6, 6.07) is 0. The Morgan fingerprint density at radius 1 is 0.600 bits per heavy atom. The summed E-state index contributed by atoms with van der Waals surface area (Å²) in [6.07, 6.45) is 35.2. The Morgan fingerprint density at radius 2 is 1.00 bits per heavy atom. The van der Waals surface area contributed by atoms with Gasteiger partial charge in [-0.05, 0) is 50.5 Å². The van der Waals surface area contributed by atoms with E-state index in [1.807, 2.05) is 12.2 Å². The SMILES string of the molecule is CC/C=C/C/C=C/C/C=C/C/C=C/C/C=C/C/C=C/C=C(\CC)CO. The van der Waals surface area contributed by atoms with Crippen LogP contribution in [-0.2, 0) is 0 Å². The predicted molar refractivity (Wildman–Crippen MR) is 114 cm³/mol. The van der Waals surface area contributed by atoms with E-state index < -0.39 is 0 Å². The first-order valence-electron chi connectivity index (χ1n) is 9.55. The summed E-state index contributed by atoms with van der Waals surface area (Å²) in [4.78, 5) is 0. The van der Waals surface area contributed by atoms with Crippen molar-refractivity contribution < 1.29 is 5.11 Å². The quantitative estimate of drug-likeness (QED) is 0.266. The number of hydrogen-bond donors (Lipinski definition) is 1. The first-order chi connectivity index (χ1) is 12.3. The van der Waals surface area contributed by atoms with Crippen LogP contribution in [0.4, 0.5) is 0 Å². The van der Waals surface area contributed by atoms with E-state index in [9.17, 15) is 0 Å². The topological polar surface area (TPSA) is 20.2 Å². The van der Waals surface area contributed by atoms with Crippen molar-refractivity contribution in [3.05, 3.63) is 84.6 Å². The number of aliphatic hydroxyl groups excluding tert-OH is 1. The van der Waals surface area contributed by atoms with E-state index in [2.05, 4.69) is 80.7 Å². The van der Waals surface area contributed by atoms with Crippen LogP contribution in [0.15, 0.2) is 84.6 Å². The molecule has 0 radical (unpaired) electrons. The fourth-order valence-electron chi connectivity index (χ4n) is 1.99. The lowest BCUT2D eigenvalue weighted by molar-refractivity contribution is 0.327. The summed E-state index contributed by atoms with van der Waals surface area (Å²) in [5.74, 6) is 0. The van der Waals surface area contributed by atoms with Gasteiger partial charge in [-0.2, -0.15) is 0 Å². The second-order valence-corrected chi connectivity index (χ2v) is 5.71. The molecule has 0 heterocycles. The zero-order chi connectivity index (χ0) is 18.4. The molecule has 0 spiro atoms. The van der Waals surface area contributed by atoms with Crippen molar-refractivity contribution in [2.24, 2.45) is 0 Å². The normalized spacial score (nSPS) is 14.0. The monoisotopic (exact) mass is 340 g/mol. The third-order valence-electron chi connectivity index (χ3n) is 3.56. The van der Waals surface area contributed by atoms with E-state index in [0.29, 0.717) is 0 Å². The average molecular weight is 341 g/mol. The molecule has 0 aromatic heterocycles. The lowest BCUT2D eigenvalue weighted by Crippen LogP contribution is -1.86. The molecule has 0 amide bonds. The van der Waals surface area contributed by atoms with Gasteiger partial charge in [0.1, 0.15) is 0 Å². The molecule has 0 saturated heterocycles. The molecule has 0 saturated carbocycles. The Morgan fingerprint density at radius 3 is 1.36 bits per heavy atom. The molecule has 0 atom stereocenters. The van der Waals surface area contributed by atoms with E-state index in [4.69, 9.17) is 5.11 Å². The van der Waals surface area contributed by atoms with Gasteiger partial charge in [-0.25, -0.2) is 0 Å². The third kappa shape index (κ3) is 18.3. The van der Waals surface area contributed by atoms with Crippen LogP contribution >= 0.6 is 0 Å². The molecule has 1 heteroatoms. The van der Waals surface area contributed by atoms with Crippen LogP contribution < -0.4 is 0 Å². The van der Waals surface area contributed by atoms with Crippen molar-refractivity contribution in [3.63, 3.8) is 0 Å². The highest BCUT2D eigenvalue weighted by Gasteiger charge is 1.86. The van der Waals surface area contributed by atoms with Crippen molar-refractivity contribution >= 4 is 0 Å². The van der Waals surface area contributed by atoms with Gasteiger partial charge < -0.3 is 5.11 Å². The summed E-state index contributed by atoms with van der Waals surface area (Å²) < 4.78 is 0. The molecule has 0 aliphatic heterocycles. The summed E-state index contributed by atoms with van der Waals surface area (Å²) >= 11 is 0. The number of aliphatic hydroxyl groups is 1. The summed E-state index contributed by atoms with van der Waals surface area (Å²) in [5, 5.41) is 9.04. The van der Waals surface area contributed by atoms with Crippen molar-refractivity contribution in [2.45, 2.75) is 58.8 Å². The van der Waals surface area contributed by atoms with Gasteiger partial charge in [0, 0.05) is 0 Å². The molecule has 0 aromatic carbocycles. The van der Waals surface area contributed by atoms with Gasteiger partial charge in [-0.3, -0.25) is 0 Å². The molecule has 1 nitrogen and oxygen atoms in total. The maximum Gasteiger partial charge on any atom is 0.0644 e. The van der Waals surface area contributed by atoms with Crippen LogP contribution in [0.3, 0.4) is 0 Å². The maximum atomic E-state index is 9.04. The van der Waals surface area contributed by atoms with Crippen LogP contribution in [0.1, 0.15) is 58.8 Å². The fourth-order valence-corrected chi connectivity index (χ4v) is 1.99. The zero-order valence-electron chi connectivity index (χ0n) is 16.1. The highest BCUT2D eigenvalue weighted by atomic mass is 16.3. The van der Waals surface area contributed by atoms with Gasteiger partial charge in [-0.15, -0.1) is 0 Å². The molecule has 0 rings (SSSR count). The molecule has 0 bridgehead atoms. The number of allylic oxidation sites excluding steroid dienone is 13. The molecule has 0 unspecified atom stereocenters. The van der Waals surface area contributed by atoms with E-state index in [0.717, 1.165) is 50.5 Å². The fraction of sp³-hybridized carbons (Fsp3) is 0.417. The first-order valence-corrected chi connectivity index (χ1v) is 9.55. The minimum absolute atomic E-state index is 0.155. The summed E-state index contributed by atoms with van der Waals surface area (Å²) in [6.45, 7) is 4.37. The lowest BCUT2D eigenvalue weighted by atomic mass is 10.2. The van der Waals surface area contributed by atoms with Gasteiger partial charge in [0.25, 0.3) is 0 Å². The highest BCUT2D eigenvalue weighted by Crippen LogP contribution is 2.00. The Kier molecular flexibility index (Phi) is 18.7. The van der Waals surface area contributed by atoms with Crippen LogP contribution in [0, 0.1) is 0 Å². The van der Waals surface area contributed by atoms with Crippen LogP contribution in [0.5, 0.6) is 0 Å².